The highest BCUT2D eigenvalue weighted by Gasteiger charge is 2.18. The number of aliphatic hydroxyl groups excluding tert-OH is 1. The molecule has 5 nitrogen and oxygen atoms in total. The third-order valence-electron chi connectivity index (χ3n) is 2.79. The molecule has 108 valence electrons. The average Bonchev–Trinajstić information content (AvgIpc) is 2.89. The SMILES string of the molecule is Cc1cccc(OCc2sccc2C#CCO)c1[N+](=O)[O-]. The fourth-order valence-electron chi connectivity index (χ4n) is 1.82. The Kier molecular flexibility index (Phi) is 4.93. The number of benzene rings is 1. The minimum absolute atomic E-state index is 0.0166. The van der Waals surface area contributed by atoms with E-state index >= 15 is 0 Å². The smallest absolute Gasteiger partial charge is 0.313 e. The molecule has 0 saturated carbocycles. The Morgan fingerprint density at radius 2 is 2.24 bits per heavy atom. The molecule has 0 bridgehead atoms. The summed E-state index contributed by atoms with van der Waals surface area (Å²) in [6.45, 7) is 1.67. The van der Waals surface area contributed by atoms with Gasteiger partial charge in [0.05, 0.1) is 9.80 Å². The molecule has 1 heterocycles. The Morgan fingerprint density at radius 1 is 1.43 bits per heavy atom. The van der Waals surface area contributed by atoms with E-state index in [1.807, 2.05) is 11.4 Å². The number of hydrogen-bond acceptors (Lipinski definition) is 5. The van der Waals surface area contributed by atoms with Crippen LogP contribution in [-0.4, -0.2) is 16.6 Å². The van der Waals surface area contributed by atoms with E-state index in [1.165, 1.54) is 11.3 Å². The number of ether oxygens (including phenoxy) is 1. The van der Waals surface area contributed by atoms with Gasteiger partial charge in [0.1, 0.15) is 13.2 Å². The molecule has 0 aliphatic heterocycles. The van der Waals surface area contributed by atoms with Gasteiger partial charge < -0.3 is 9.84 Å². The first-order valence-electron chi connectivity index (χ1n) is 6.16. The van der Waals surface area contributed by atoms with Crippen LogP contribution in [0.3, 0.4) is 0 Å². The zero-order chi connectivity index (χ0) is 15.2. The van der Waals surface area contributed by atoms with Crippen LogP contribution in [0.15, 0.2) is 29.6 Å². The maximum absolute atomic E-state index is 11.1. The maximum Gasteiger partial charge on any atom is 0.313 e. The normalized spacial score (nSPS) is 9.81. The van der Waals surface area contributed by atoms with Gasteiger partial charge in [0, 0.05) is 11.1 Å². The summed E-state index contributed by atoms with van der Waals surface area (Å²) in [7, 11) is 0. The molecular weight excluding hydrogens is 290 g/mol. The van der Waals surface area contributed by atoms with Crippen LogP contribution in [0.4, 0.5) is 5.69 Å². The van der Waals surface area contributed by atoms with Crippen LogP contribution in [-0.2, 0) is 6.61 Å². The molecule has 1 N–H and O–H groups in total. The van der Waals surface area contributed by atoms with E-state index in [2.05, 4.69) is 11.8 Å². The summed E-state index contributed by atoms with van der Waals surface area (Å²) < 4.78 is 5.58. The van der Waals surface area contributed by atoms with E-state index in [-0.39, 0.29) is 24.7 Å². The number of para-hydroxylation sites is 1. The summed E-state index contributed by atoms with van der Waals surface area (Å²) in [5, 5.41) is 21.7. The second-order valence-electron chi connectivity index (χ2n) is 4.18. The zero-order valence-corrected chi connectivity index (χ0v) is 12.1. The van der Waals surface area contributed by atoms with Gasteiger partial charge in [0.25, 0.3) is 0 Å². The van der Waals surface area contributed by atoms with Crippen molar-refractivity contribution in [2.75, 3.05) is 6.61 Å². The number of nitrogens with zero attached hydrogens (tertiary/aromatic N) is 1. The number of hydrogen-bond donors (Lipinski definition) is 1. The fraction of sp³-hybridized carbons (Fsp3) is 0.200. The number of aliphatic hydroxyl groups is 1. The largest absolute Gasteiger partial charge is 0.481 e. The zero-order valence-electron chi connectivity index (χ0n) is 11.3. The van der Waals surface area contributed by atoms with Crippen molar-refractivity contribution in [2.24, 2.45) is 0 Å². The van der Waals surface area contributed by atoms with Crippen molar-refractivity contribution in [1.82, 2.24) is 0 Å². The van der Waals surface area contributed by atoms with E-state index in [0.717, 1.165) is 10.4 Å². The second-order valence-corrected chi connectivity index (χ2v) is 5.19. The third kappa shape index (κ3) is 3.60. The van der Waals surface area contributed by atoms with Crippen molar-refractivity contribution in [3.63, 3.8) is 0 Å². The van der Waals surface area contributed by atoms with Crippen molar-refractivity contribution in [3.8, 4) is 17.6 Å². The molecule has 6 heteroatoms. The molecular formula is C15H13NO4S. The summed E-state index contributed by atoms with van der Waals surface area (Å²) in [5.41, 5.74) is 1.31. The monoisotopic (exact) mass is 303 g/mol. The Morgan fingerprint density at radius 3 is 2.95 bits per heavy atom. The molecule has 0 radical (unpaired) electrons. The molecule has 2 aromatic rings. The molecule has 1 aromatic heterocycles. The van der Waals surface area contributed by atoms with Crippen molar-refractivity contribution < 1.29 is 14.8 Å². The molecule has 2 rings (SSSR count). The van der Waals surface area contributed by atoms with Crippen LogP contribution in [0, 0.1) is 28.9 Å². The Balaban J connectivity index is 2.20. The van der Waals surface area contributed by atoms with Gasteiger partial charge in [-0.25, -0.2) is 0 Å². The van der Waals surface area contributed by atoms with Crippen molar-refractivity contribution in [1.29, 1.82) is 0 Å². The summed E-state index contributed by atoms with van der Waals surface area (Å²) in [4.78, 5) is 11.5. The van der Waals surface area contributed by atoms with Crippen LogP contribution in [0.5, 0.6) is 5.75 Å². The molecule has 0 fully saturated rings. The number of nitro groups is 1. The summed E-state index contributed by atoms with van der Waals surface area (Å²) in [6.07, 6.45) is 0. The van der Waals surface area contributed by atoms with E-state index in [1.54, 1.807) is 25.1 Å². The lowest BCUT2D eigenvalue weighted by atomic mass is 10.2. The molecule has 21 heavy (non-hydrogen) atoms. The fourth-order valence-corrected chi connectivity index (χ4v) is 2.57. The first-order chi connectivity index (χ1) is 10.1. The molecule has 0 aliphatic carbocycles. The van der Waals surface area contributed by atoms with Crippen LogP contribution in [0.25, 0.3) is 0 Å². The van der Waals surface area contributed by atoms with E-state index < -0.39 is 4.92 Å². The van der Waals surface area contributed by atoms with E-state index in [9.17, 15) is 10.1 Å². The van der Waals surface area contributed by atoms with Gasteiger partial charge in [-0.3, -0.25) is 10.1 Å². The minimum atomic E-state index is -0.439. The molecule has 0 saturated heterocycles. The van der Waals surface area contributed by atoms with Gasteiger partial charge in [0.15, 0.2) is 5.75 Å². The van der Waals surface area contributed by atoms with E-state index in [4.69, 9.17) is 9.84 Å². The van der Waals surface area contributed by atoms with Gasteiger partial charge in [-0.05, 0) is 24.4 Å². The lowest BCUT2D eigenvalue weighted by Crippen LogP contribution is -2.00. The number of nitro benzene ring substituents is 1. The number of rotatable bonds is 4. The van der Waals surface area contributed by atoms with Crippen LogP contribution < -0.4 is 4.74 Å². The van der Waals surface area contributed by atoms with Crippen molar-refractivity contribution in [3.05, 3.63) is 55.8 Å². The second kappa shape index (κ2) is 6.88. The van der Waals surface area contributed by atoms with Crippen molar-refractivity contribution in [2.45, 2.75) is 13.5 Å². The quantitative estimate of drug-likeness (QED) is 0.535. The van der Waals surface area contributed by atoms with Crippen LogP contribution in [0.1, 0.15) is 16.0 Å². The van der Waals surface area contributed by atoms with Gasteiger partial charge in [0.2, 0.25) is 0 Å². The van der Waals surface area contributed by atoms with E-state index in [0.29, 0.717) is 5.56 Å². The number of thiophene rings is 1. The maximum atomic E-state index is 11.1. The molecule has 1 aromatic carbocycles. The summed E-state index contributed by atoms with van der Waals surface area (Å²) >= 11 is 1.46. The van der Waals surface area contributed by atoms with Crippen molar-refractivity contribution >= 4 is 17.0 Å². The van der Waals surface area contributed by atoms with Gasteiger partial charge in [-0.15, -0.1) is 11.3 Å². The predicted octanol–water partition coefficient (Wildman–Crippen LogP) is 2.89. The highest BCUT2D eigenvalue weighted by molar-refractivity contribution is 7.10. The predicted molar refractivity (Wildman–Crippen MR) is 80.4 cm³/mol. The summed E-state index contributed by atoms with van der Waals surface area (Å²) in [6, 6.07) is 6.81. The summed E-state index contributed by atoms with van der Waals surface area (Å²) in [5.74, 6) is 5.65. The van der Waals surface area contributed by atoms with Gasteiger partial charge in [-0.1, -0.05) is 24.0 Å². The Hall–Kier alpha value is -2.36. The average molecular weight is 303 g/mol. The van der Waals surface area contributed by atoms with Gasteiger partial charge in [-0.2, -0.15) is 0 Å². The molecule has 0 unspecified atom stereocenters. The molecule has 0 spiro atoms. The lowest BCUT2D eigenvalue weighted by Gasteiger charge is -2.07. The van der Waals surface area contributed by atoms with Crippen LogP contribution >= 0.6 is 11.3 Å². The Bertz CT molecular complexity index is 712. The minimum Gasteiger partial charge on any atom is -0.481 e. The molecule has 0 amide bonds. The van der Waals surface area contributed by atoms with Crippen LogP contribution in [0.2, 0.25) is 0 Å². The topological polar surface area (TPSA) is 72.6 Å². The number of aryl methyl sites for hydroxylation is 1. The molecule has 0 atom stereocenters. The molecule has 0 aliphatic rings. The first-order valence-corrected chi connectivity index (χ1v) is 7.04. The highest BCUT2D eigenvalue weighted by atomic mass is 32.1. The standard InChI is InChI=1S/C15H13NO4S/c1-11-4-2-6-13(15(11)16(18)19)20-10-14-12(5-3-8-17)7-9-21-14/h2,4,6-7,9,17H,8,10H2,1H3. The first kappa shape index (κ1) is 15.0. The third-order valence-corrected chi connectivity index (χ3v) is 3.68. The highest BCUT2D eigenvalue weighted by Crippen LogP contribution is 2.31. The Labute approximate surface area is 126 Å². The lowest BCUT2D eigenvalue weighted by molar-refractivity contribution is -0.386. The van der Waals surface area contributed by atoms with Gasteiger partial charge >= 0.3 is 5.69 Å².